The molecular formula is C15H22ClNO3S. The van der Waals surface area contributed by atoms with Crippen LogP contribution in [0.2, 0.25) is 5.02 Å². The summed E-state index contributed by atoms with van der Waals surface area (Å²) in [5, 5.41) is 11.0. The van der Waals surface area contributed by atoms with Crippen molar-refractivity contribution < 1.29 is 13.5 Å². The summed E-state index contributed by atoms with van der Waals surface area (Å²) in [6, 6.07) is 5.49. The number of sulfonamides is 1. The van der Waals surface area contributed by atoms with E-state index in [2.05, 4.69) is 0 Å². The van der Waals surface area contributed by atoms with Crippen LogP contribution in [0.15, 0.2) is 18.2 Å². The average Bonchev–Trinajstić information content (AvgIpc) is 2.41. The zero-order valence-electron chi connectivity index (χ0n) is 12.4. The molecule has 1 aromatic rings. The highest BCUT2D eigenvalue weighted by molar-refractivity contribution is 7.88. The van der Waals surface area contributed by atoms with E-state index in [-0.39, 0.29) is 5.92 Å². The molecule has 4 nitrogen and oxygen atoms in total. The second kappa shape index (κ2) is 6.65. The summed E-state index contributed by atoms with van der Waals surface area (Å²) in [5.41, 5.74) is 1.83. The zero-order chi connectivity index (χ0) is 15.6. The summed E-state index contributed by atoms with van der Waals surface area (Å²) >= 11 is 5.99. The Balaban J connectivity index is 2.05. The third-order valence-corrected chi connectivity index (χ3v) is 5.61. The predicted molar refractivity (Wildman–Crippen MR) is 84.9 cm³/mol. The van der Waals surface area contributed by atoms with Crippen LogP contribution in [0.3, 0.4) is 0 Å². The molecule has 1 heterocycles. The third kappa shape index (κ3) is 4.42. The quantitative estimate of drug-likeness (QED) is 0.923. The maximum absolute atomic E-state index is 11.6. The summed E-state index contributed by atoms with van der Waals surface area (Å²) in [6.07, 6.45) is 3.00. The van der Waals surface area contributed by atoms with Gasteiger partial charge in [-0.1, -0.05) is 17.7 Å². The van der Waals surface area contributed by atoms with Crippen LogP contribution in [0, 0.1) is 12.8 Å². The summed E-state index contributed by atoms with van der Waals surface area (Å²) < 4.78 is 24.8. The summed E-state index contributed by atoms with van der Waals surface area (Å²) in [5.74, 6) is 0.182. The summed E-state index contributed by atoms with van der Waals surface area (Å²) in [6.45, 7) is 3.02. The number of halogens is 1. The first-order chi connectivity index (χ1) is 9.77. The molecule has 1 aliphatic heterocycles. The zero-order valence-corrected chi connectivity index (χ0v) is 14.0. The molecule has 6 heteroatoms. The van der Waals surface area contributed by atoms with Crippen molar-refractivity contribution in [2.75, 3.05) is 19.3 Å². The molecule has 2 atom stereocenters. The molecule has 0 aromatic heterocycles. The van der Waals surface area contributed by atoms with Gasteiger partial charge in [0.15, 0.2) is 0 Å². The molecule has 1 saturated heterocycles. The van der Waals surface area contributed by atoms with Crippen LogP contribution in [0.4, 0.5) is 0 Å². The fraction of sp³-hybridized carbons (Fsp3) is 0.600. The normalized spacial score (nSPS) is 22.2. The van der Waals surface area contributed by atoms with Gasteiger partial charge < -0.3 is 5.11 Å². The van der Waals surface area contributed by atoms with Gasteiger partial charge in [-0.15, -0.1) is 0 Å². The molecule has 1 N–H and O–H groups in total. The molecule has 0 amide bonds. The Bertz CT molecular complexity index is 603. The van der Waals surface area contributed by atoms with Crippen LogP contribution in [0.5, 0.6) is 0 Å². The van der Waals surface area contributed by atoms with E-state index in [1.807, 2.05) is 13.0 Å². The number of hydrogen-bond donors (Lipinski definition) is 1. The molecule has 1 aromatic carbocycles. The SMILES string of the molecule is Cc1ccc(Cl)cc1C(O)CC1CCCN(S(C)(=O)=O)C1. The Morgan fingerprint density at radius 1 is 1.48 bits per heavy atom. The lowest BCUT2D eigenvalue weighted by atomic mass is 9.89. The number of hydrogen-bond acceptors (Lipinski definition) is 3. The van der Waals surface area contributed by atoms with E-state index in [0.717, 1.165) is 24.0 Å². The van der Waals surface area contributed by atoms with Gasteiger partial charge in [-0.2, -0.15) is 0 Å². The smallest absolute Gasteiger partial charge is 0.211 e. The number of piperidine rings is 1. The van der Waals surface area contributed by atoms with Gasteiger partial charge in [0.05, 0.1) is 12.4 Å². The molecule has 1 fully saturated rings. The van der Waals surface area contributed by atoms with Crippen molar-refractivity contribution in [1.29, 1.82) is 0 Å². The molecule has 2 unspecified atom stereocenters. The maximum atomic E-state index is 11.6. The molecule has 21 heavy (non-hydrogen) atoms. The van der Waals surface area contributed by atoms with Gasteiger partial charge in [-0.25, -0.2) is 12.7 Å². The molecule has 1 aliphatic rings. The number of rotatable bonds is 4. The first-order valence-electron chi connectivity index (χ1n) is 7.16. The second-order valence-corrected chi connectivity index (χ2v) is 8.30. The van der Waals surface area contributed by atoms with E-state index in [1.165, 1.54) is 10.6 Å². The Kier molecular flexibility index (Phi) is 5.30. The van der Waals surface area contributed by atoms with Gasteiger partial charge in [0.25, 0.3) is 0 Å². The highest BCUT2D eigenvalue weighted by Crippen LogP contribution is 2.31. The van der Waals surface area contributed by atoms with Crippen molar-refractivity contribution >= 4 is 21.6 Å². The highest BCUT2D eigenvalue weighted by atomic mass is 35.5. The number of aliphatic hydroxyl groups is 1. The predicted octanol–water partition coefficient (Wildman–Crippen LogP) is 2.74. The Morgan fingerprint density at radius 3 is 2.86 bits per heavy atom. The van der Waals surface area contributed by atoms with Crippen molar-refractivity contribution in [2.24, 2.45) is 5.92 Å². The van der Waals surface area contributed by atoms with Crippen molar-refractivity contribution in [1.82, 2.24) is 4.31 Å². The Morgan fingerprint density at radius 2 is 2.19 bits per heavy atom. The van der Waals surface area contributed by atoms with E-state index in [0.29, 0.717) is 24.5 Å². The van der Waals surface area contributed by atoms with Gasteiger partial charge in [-0.3, -0.25) is 0 Å². The third-order valence-electron chi connectivity index (χ3n) is 4.11. The minimum atomic E-state index is -3.14. The van der Waals surface area contributed by atoms with E-state index in [9.17, 15) is 13.5 Å². The molecule has 0 spiro atoms. The van der Waals surface area contributed by atoms with E-state index >= 15 is 0 Å². The summed E-state index contributed by atoms with van der Waals surface area (Å²) in [4.78, 5) is 0. The molecule has 0 aliphatic carbocycles. The molecule has 0 saturated carbocycles. The van der Waals surface area contributed by atoms with E-state index < -0.39 is 16.1 Å². The van der Waals surface area contributed by atoms with Gasteiger partial charge in [-0.05, 0) is 55.4 Å². The number of benzene rings is 1. The molecule has 0 bridgehead atoms. The first kappa shape index (κ1) is 16.7. The largest absolute Gasteiger partial charge is 0.388 e. The lowest BCUT2D eigenvalue weighted by Crippen LogP contribution is -2.39. The van der Waals surface area contributed by atoms with E-state index in [4.69, 9.17) is 11.6 Å². The molecule has 118 valence electrons. The molecule has 0 radical (unpaired) electrons. The van der Waals surface area contributed by atoms with Gasteiger partial charge in [0, 0.05) is 18.1 Å². The van der Waals surface area contributed by atoms with Crippen LogP contribution in [0.1, 0.15) is 36.5 Å². The molecular weight excluding hydrogens is 310 g/mol. The highest BCUT2D eigenvalue weighted by Gasteiger charge is 2.27. The number of aliphatic hydroxyl groups excluding tert-OH is 1. The minimum absolute atomic E-state index is 0.182. The fourth-order valence-corrected chi connectivity index (χ4v) is 4.06. The minimum Gasteiger partial charge on any atom is -0.388 e. The standard InChI is InChI=1S/C15H22ClNO3S/c1-11-5-6-13(16)9-14(11)15(18)8-12-4-3-7-17(10-12)21(2,19)20/h5-6,9,12,15,18H,3-4,7-8,10H2,1-2H3. The number of nitrogens with zero attached hydrogens (tertiary/aromatic N) is 1. The Labute approximate surface area is 131 Å². The Hall–Kier alpha value is -0.620. The maximum Gasteiger partial charge on any atom is 0.211 e. The molecule has 2 rings (SSSR count). The number of aryl methyl sites for hydroxylation is 1. The van der Waals surface area contributed by atoms with Gasteiger partial charge >= 0.3 is 0 Å². The van der Waals surface area contributed by atoms with Crippen molar-refractivity contribution in [3.05, 3.63) is 34.3 Å². The lowest BCUT2D eigenvalue weighted by molar-refractivity contribution is 0.122. The van der Waals surface area contributed by atoms with Gasteiger partial charge in [0.1, 0.15) is 0 Å². The fourth-order valence-electron chi connectivity index (χ4n) is 2.93. The monoisotopic (exact) mass is 331 g/mol. The lowest BCUT2D eigenvalue weighted by Gasteiger charge is -2.32. The summed E-state index contributed by atoms with van der Waals surface area (Å²) in [7, 11) is -3.14. The van der Waals surface area contributed by atoms with E-state index in [1.54, 1.807) is 12.1 Å². The van der Waals surface area contributed by atoms with Gasteiger partial charge in [0.2, 0.25) is 10.0 Å². The van der Waals surface area contributed by atoms with Crippen LogP contribution < -0.4 is 0 Å². The second-order valence-electron chi connectivity index (χ2n) is 5.88. The van der Waals surface area contributed by atoms with Crippen LogP contribution in [-0.4, -0.2) is 37.2 Å². The first-order valence-corrected chi connectivity index (χ1v) is 9.39. The average molecular weight is 332 g/mol. The van der Waals surface area contributed by atoms with Crippen LogP contribution >= 0.6 is 11.6 Å². The topological polar surface area (TPSA) is 57.6 Å². The van der Waals surface area contributed by atoms with Crippen molar-refractivity contribution in [3.8, 4) is 0 Å². The van der Waals surface area contributed by atoms with Crippen molar-refractivity contribution in [3.63, 3.8) is 0 Å². The van der Waals surface area contributed by atoms with Crippen LogP contribution in [-0.2, 0) is 10.0 Å². The van der Waals surface area contributed by atoms with Crippen molar-refractivity contribution in [2.45, 2.75) is 32.3 Å². The van der Waals surface area contributed by atoms with Crippen LogP contribution in [0.25, 0.3) is 0 Å².